The molecule has 0 unspecified atom stereocenters. The molecule has 5 heteroatoms. The highest BCUT2D eigenvalue weighted by molar-refractivity contribution is 4.92. The minimum absolute atomic E-state index is 0.124. The van der Waals surface area contributed by atoms with E-state index < -0.39 is 0 Å². The Morgan fingerprint density at radius 2 is 1.95 bits per heavy atom. The first-order valence-electron chi connectivity index (χ1n) is 7.51. The predicted octanol–water partition coefficient (Wildman–Crippen LogP) is 1.43. The van der Waals surface area contributed by atoms with Gasteiger partial charge in [0.15, 0.2) is 0 Å². The Morgan fingerprint density at radius 3 is 2.68 bits per heavy atom. The highest BCUT2D eigenvalue weighted by Crippen LogP contribution is 2.36. The first-order valence-corrected chi connectivity index (χ1v) is 7.51. The molecule has 5 nitrogen and oxygen atoms in total. The van der Waals surface area contributed by atoms with Gasteiger partial charge in [-0.05, 0) is 12.8 Å². The van der Waals surface area contributed by atoms with Crippen molar-refractivity contribution in [2.45, 2.75) is 51.6 Å². The van der Waals surface area contributed by atoms with Crippen LogP contribution < -0.4 is 0 Å². The largest absolute Gasteiger partial charge is 0.396 e. The summed E-state index contributed by atoms with van der Waals surface area (Å²) in [5, 5.41) is 18.0. The van der Waals surface area contributed by atoms with Gasteiger partial charge in [-0.15, -0.1) is 10.2 Å². The molecule has 1 N–H and O–H groups in total. The van der Waals surface area contributed by atoms with Crippen LogP contribution in [0.15, 0.2) is 6.33 Å². The normalized spacial score (nSPS) is 23.8. The molecule has 0 spiro atoms. The third-order valence-corrected chi connectivity index (χ3v) is 4.78. The van der Waals surface area contributed by atoms with E-state index in [4.69, 9.17) is 0 Å². The average molecular weight is 264 g/mol. The molecule has 1 aromatic rings. The smallest absolute Gasteiger partial charge is 0.147 e. The molecule has 1 fully saturated rings. The van der Waals surface area contributed by atoms with Gasteiger partial charge in [-0.1, -0.05) is 25.7 Å². The van der Waals surface area contributed by atoms with Gasteiger partial charge >= 0.3 is 0 Å². The second-order valence-electron chi connectivity index (χ2n) is 6.22. The molecule has 2 heterocycles. The van der Waals surface area contributed by atoms with Crippen molar-refractivity contribution in [1.82, 2.24) is 19.7 Å². The van der Waals surface area contributed by atoms with E-state index in [1.807, 2.05) is 6.33 Å². The summed E-state index contributed by atoms with van der Waals surface area (Å²) < 4.78 is 2.13. The zero-order valence-corrected chi connectivity index (χ0v) is 11.6. The van der Waals surface area contributed by atoms with Crippen LogP contribution in [0.3, 0.4) is 0 Å². The van der Waals surface area contributed by atoms with Crippen molar-refractivity contribution >= 4 is 0 Å². The number of aliphatic hydroxyl groups excluding tert-OH is 1. The van der Waals surface area contributed by atoms with Crippen LogP contribution in [0.2, 0.25) is 0 Å². The highest BCUT2D eigenvalue weighted by atomic mass is 16.3. The molecular formula is C14H24N4O. The van der Waals surface area contributed by atoms with Crippen molar-refractivity contribution in [2.75, 3.05) is 19.7 Å². The van der Waals surface area contributed by atoms with Gasteiger partial charge in [-0.25, -0.2) is 0 Å². The zero-order valence-electron chi connectivity index (χ0n) is 11.6. The van der Waals surface area contributed by atoms with Gasteiger partial charge in [-0.3, -0.25) is 4.90 Å². The fraction of sp³-hybridized carbons (Fsp3) is 0.857. The second kappa shape index (κ2) is 5.59. The molecule has 19 heavy (non-hydrogen) atoms. The van der Waals surface area contributed by atoms with Crippen LogP contribution in [0.25, 0.3) is 0 Å². The molecule has 0 saturated heterocycles. The molecule has 0 bridgehead atoms. The molecule has 1 aromatic heterocycles. The minimum atomic E-state index is 0.124. The van der Waals surface area contributed by atoms with E-state index in [9.17, 15) is 5.11 Å². The summed E-state index contributed by atoms with van der Waals surface area (Å²) in [6, 6.07) is 0. The SMILES string of the molecule is OCC1(CN2CCn3cnnc3C2)CCCCCC1. The lowest BCUT2D eigenvalue weighted by molar-refractivity contribution is 0.0481. The minimum Gasteiger partial charge on any atom is -0.396 e. The van der Waals surface area contributed by atoms with E-state index in [0.717, 1.165) is 32.0 Å². The zero-order chi connectivity index (χ0) is 13.1. The predicted molar refractivity (Wildman–Crippen MR) is 72.5 cm³/mol. The van der Waals surface area contributed by atoms with Crippen LogP contribution in [0.5, 0.6) is 0 Å². The van der Waals surface area contributed by atoms with Crippen molar-refractivity contribution in [3.8, 4) is 0 Å². The topological polar surface area (TPSA) is 54.2 Å². The fourth-order valence-corrected chi connectivity index (χ4v) is 3.57. The lowest BCUT2D eigenvalue weighted by Crippen LogP contribution is -2.43. The number of nitrogens with zero attached hydrogens (tertiary/aromatic N) is 4. The van der Waals surface area contributed by atoms with Crippen LogP contribution in [0.1, 0.15) is 44.3 Å². The maximum absolute atomic E-state index is 9.89. The van der Waals surface area contributed by atoms with E-state index in [-0.39, 0.29) is 5.41 Å². The number of hydrogen-bond acceptors (Lipinski definition) is 4. The Balaban J connectivity index is 1.66. The summed E-state index contributed by atoms with van der Waals surface area (Å²) in [4.78, 5) is 2.45. The Kier molecular flexibility index (Phi) is 3.84. The van der Waals surface area contributed by atoms with E-state index in [0.29, 0.717) is 6.61 Å². The molecule has 0 atom stereocenters. The molecule has 106 valence electrons. The van der Waals surface area contributed by atoms with Crippen LogP contribution in [0, 0.1) is 5.41 Å². The number of hydrogen-bond donors (Lipinski definition) is 1. The van der Waals surface area contributed by atoms with Crippen molar-refractivity contribution < 1.29 is 5.11 Å². The maximum Gasteiger partial charge on any atom is 0.147 e. The summed E-state index contributed by atoms with van der Waals surface area (Å²) in [6.07, 6.45) is 9.36. The molecule has 3 rings (SSSR count). The van der Waals surface area contributed by atoms with Gasteiger partial charge in [0, 0.05) is 31.7 Å². The summed E-state index contributed by atoms with van der Waals surface area (Å²) in [6.45, 7) is 4.24. The van der Waals surface area contributed by atoms with Crippen LogP contribution in [0.4, 0.5) is 0 Å². The Labute approximate surface area is 114 Å². The maximum atomic E-state index is 9.89. The molecule has 0 radical (unpaired) electrons. The van der Waals surface area contributed by atoms with Crippen molar-refractivity contribution in [3.05, 3.63) is 12.2 Å². The molecule has 1 aliphatic carbocycles. The quantitative estimate of drug-likeness (QED) is 0.839. The number of aromatic nitrogens is 3. The van der Waals surface area contributed by atoms with E-state index in [2.05, 4.69) is 19.7 Å². The van der Waals surface area contributed by atoms with E-state index in [1.54, 1.807) is 0 Å². The van der Waals surface area contributed by atoms with Gasteiger partial charge in [0.1, 0.15) is 12.2 Å². The number of rotatable bonds is 3. The fourth-order valence-electron chi connectivity index (χ4n) is 3.57. The number of fused-ring (bicyclic) bond motifs is 1. The lowest BCUT2D eigenvalue weighted by atomic mass is 9.80. The number of aliphatic hydroxyl groups is 1. The van der Waals surface area contributed by atoms with Gasteiger partial charge in [0.2, 0.25) is 0 Å². The molecule has 1 saturated carbocycles. The van der Waals surface area contributed by atoms with Crippen LogP contribution in [-0.2, 0) is 13.1 Å². The molecular weight excluding hydrogens is 240 g/mol. The summed E-state index contributed by atoms with van der Waals surface area (Å²) >= 11 is 0. The second-order valence-corrected chi connectivity index (χ2v) is 6.22. The molecule has 2 aliphatic rings. The summed E-state index contributed by atoms with van der Waals surface area (Å²) in [5.74, 6) is 1.06. The molecule has 0 aromatic carbocycles. The van der Waals surface area contributed by atoms with Gasteiger partial charge < -0.3 is 9.67 Å². The van der Waals surface area contributed by atoms with Crippen molar-refractivity contribution in [3.63, 3.8) is 0 Å². The standard InChI is InChI=1S/C14H24N4O/c19-11-14(5-3-1-2-4-6-14)10-17-7-8-18-12-15-16-13(18)9-17/h12,19H,1-11H2. The van der Waals surface area contributed by atoms with Gasteiger partial charge in [0.05, 0.1) is 6.54 Å². The highest BCUT2D eigenvalue weighted by Gasteiger charge is 2.33. The summed E-state index contributed by atoms with van der Waals surface area (Å²) in [7, 11) is 0. The average Bonchev–Trinajstić information content (AvgIpc) is 2.77. The Bertz CT molecular complexity index is 409. The monoisotopic (exact) mass is 264 g/mol. The summed E-state index contributed by atoms with van der Waals surface area (Å²) in [5.41, 5.74) is 0.124. The first kappa shape index (κ1) is 13.1. The Hall–Kier alpha value is -0.940. The Morgan fingerprint density at radius 1 is 1.16 bits per heavy atom. The van der Waals surface area contributed by atoms with E-state index in [1.165, 1.54) is 38.5 Å². The van der Waals surface area contributed by atoms with Gasteiger partial charge in [-0.2, -0.15) is 0 Å². The van der Waals surface area contributed by atoms with Crippen LogP contribution >= 0.6 is 0 Å². The third-order valence-electron chi connectivity index (χ3n) is 4.78. The first-order chi connectivity index (χ1) is 9.31. The molecule has 1 aliphatic heterocycles. The van der Waals surface area contributed by atoms with Gasteiger partial charge in [0.25, 0.3) is 0 Å². The third kappa shape index (κ3) is 2.82. The molecule has 0 amide bonds. The van der Waals surface area contributed by atoms with Crippen molar-refractivity contribution in [2.24, 2.45) is 5.41 Å². The van der Waals surface area contributed by atoms with E-state index >= 15 is 0 Å². The van der Waals surface area contributed by atoms with Crippen LogP contribution in [-0.4, -0.2) is 44.5 Å². The lowest BCUT2D eigenvalue weighted by Gasteiger charge is -2.38. The van der Waals surface area contributed by atoms with Crippen molar-refractivity contribution in [1.29, 1.82) is 0 Å².